The van der Waals surface area contributed by atoms with Gasteiger partial charge in [-0.15, -0.1) is 0 Å². The summed E-state index contributed by atoms with van der Waals surface area (Å²) in [6, 6.07) is 8.08. The summed E-state index contributed by atoms with van der Waals surface area (Å²) in [4.78, 5) is 10.7. The molecule has 1 N–H and O–H groups in total. The Morgan fingerprint density at radius 3 is 1.88 bits per heavy atom. The van der Waals surface area contributed by atoms with Crippen LogP contribution in [0.2, 0.25) is 0 Å². The summed E-state index contributed by atoms with van der Waals surface area (Å²) in [6.45, 7) is 9.34. The minimum absolute atomic E-state index is 0.116. The molecule has 2 atom stereocenters. The van der Waals surface area contributed by atoms with Gasteiger partial charge in [0.15, 0.2) is 0 Å². The predicted molar refractivity (Wildman–Crippen MR) is 102 cm³/mol. The Morgan fingerprint density at radius 1 is 0.833 bits per heavy atom. The normalized spacial score (nSPS) is 13.9. The van der Waals surface area contributed by atoms with E-state index < -0.39 is 5.97 Å². The van der Waals surface area contributed by atoms with E-state index in [-0.39, 0.29) is 6.42 Å². The molecule has 0 aromatic heterocycles. The molecule has 2 heteroatoms. The van der Waals surface area contributed by atoms with E-state index in [1.807, 2.05) is 12.1 Å². The Bertz CT molecular complexity index is 461. The van der Waals surface area contributed by atoms with Crippen LogP contribution >= 0.6 is 0 Å². The predicted octanol–water partition coefficient (Wildman–Crippen LogP) is 6.13. The topological polar surface area (TPSA) is 37.3 Å². The molecule has 0 fully saturated rings. The molecular formula is C22H36O2. The standard InChI is InChI=1S/C22H36O2/c1-17(2)7-5-8-18(3)9-6-10-19(4)15-20-11-13-21(14-12-20)16-22(23)24/h11-14,17-19H,5-10,15-16H2,1-4H3,(H,23,24). The maximum absolute atomic E-state index is 10.7. The molecule has 1 aromatic rings. The highest BCUT2D eigenvalue weighted by Gasteiger charge is 2.08. The van der Waals surface area contributed by atoms with Crippen LogP contribution in [0.4, 0.5) is 0 Å². The molecule has 0 spiro atoms. The highest BCUT2D eigenvalue weighted by Crippen LogP contribution is 2.21. The molecule has 1 rings (SSSR count). The van der Waals surface area contributed by atoms with Crippen LogP contribution in [0, 0.1) is 17.8 Å². The number of benzene rings is 1. The van der Waals surface area contributed by atoms with Gasteiger partial charge in [-0.25, -0.2) is 0 Å². The van der Waals surface area contributed by atoms with Crippen LogP contribution in [0.1, 0.15) is 77.3 Å². The molecule has 0 aliphatic carbocycles. The van der Waals surface area contributed by atoms with Gasteiger partial charge in [-0.2, -0.15) is 0 Å². The molecule has 0 radical (unpaired) electrons. The SMILES string of the molecule is CC(C)CCCC(C)CCCC(C)Cc1ccc(CC(=O)O)cc1. The quantitative estimate of drug-likeness (QED) is 0.500. The Hall–Kier alpha value is -1.31. The van der Waals surface area contributed by atoms with Gasteiger partial charge in [0.2, 0.25) is 0 Å². The zero-order valence-electron chi connectivity index (χ0n) is 16.1. The van der Waals surface area contributed by atoms with Crippen molar-refractivity contribution in [3.63, 3.8) is 0 Å². The van der Waals surface area contributed by atoms with Crippen molar-refractivity contribution in [2.24, 2.45) is 17.8 Å². The molecule has 24 heavy (non-hydrogen) atoms. The fourth-order valence-electron chi connectivity index (χ4n) is 3.31. The Balaban J connectivity index is 2.21. The fourth-order valence-corrected chi connectivity index (χ4v) is 3.31. The van der Waals surface area contributed by atoms with Crippen LogP contribution in [0.25, 0.3) is 0 Å². The first kappa shape index (κ1) is 20.7. The van der Waals surface area contributed by atoms with Crippen molar-refractivity contribution in [2.45, 2.75) is 79.1 Å². The largest absolute Gasteiger partial charge is 0.481 e. The zero-order chi connectivity index (χ0) is 17.9. The second-order valence-electron chi connectivity index (χ2n) is 8.06. The Kier molecular flexibility index (Phi) is 9.75. The van der Waals surface area contributed by atoms with Gasteiger partial charge in [0.25, 0.3) is 0 Å². The van der Waals surface area contributed by atoms with Crippen molar-refractivity contribution in [1.29, 1.82) is 0 Å². The van der Waals surface area contributed by atoms with Crippen LogP contribution < -0.4 is 0 Å². The molecule has 0 saturated carbocycles. The molecule has 0 aliphatic rings. The van der Waals surface area contributed by atoms with Gasteiger partial charge < -0.3 is 5.11 Å². The summed E-state index contributed by atoms with van der Waals surface area (Å²) in [7, 11) is 0. The second-order valence-corrected chi connectivity index (χ2v) is 8.06. The number of carboxylic acid groups (broad SMARTS) is 1. The third-order valence-corrected chi connectivity index (χ3v) is 4.83. The summed E-state index contributed by atoms with van der Waals surface area (Å²) in [6.07, 6.45) is 9.26. The van der Waals surface area contributed by atoms with Crippen molar-refractivity contribution in [1.82, 2.24) is 0 Å². The van der Waals surface area contributed by atoms with Crippen molar-refractivity contribution in [2.75, 3.05) is 0 Å². The summed E-state index contributed by atoms with van der Waals surface area (Å²) in [5.41, 5.74) is 2.20. The van der Waals surface area contributed by atoms with Crippen molar-refractivity contribution in [3.05, 3.63) is 35.4 Å². The summed E-state index contributed by atoms with van der Waals surface area (Å²) in [5, 5.41) is 8.80. The molecule has 0 aliphatic heterocycles. The van der Waals surface area contributed by atoms with Crippen molar-refractivity contribution >= 4 is 5.97 Å². The van der Waals surface area contributed by atoms with E-state index in [4.69, 9.17) is 5.11 Å². The number of rotatable bonds is 12. The van der Waals surface area contributed by atoms with Crippen LogP contribution in [0.15, 0.2) is 24.3 Å². The monoisotopic (exact) mass is 332 g/mol. The molecule has 2 nitrogen and oxygen atoms in total. The van der Waals surface area contributed by atoms with Crippen LogP contribution in [-0.4, -0.2) is 11.1 Å². The maximum Gasteiger partial charge on any atom is 0.307 e. The first-order chi connectivity index (χ1) is 11.4. The van der Waals surface area contributed by atoms with Gasteiger partial charge in [-0.3, -0.25) is 4.79 Å². The van der Waals surface area contributed by atoms with E-state index in [1.54, 1.807) is 0 Å². The molecule has 0 amide bonds. The van der Waals surface area contributed by atoms with Crippen molar-refractivity contribution in [3.8, 4) is 0 Å². The molecule has 136 valence electrons. The lowest BCUT2D eigenvalue weighted by Crippen LogP contribution is -2.03. The van der Waals surface area contributed by atoms with Crippen molar-refractivity contribution < 1.29 is 9.90 Å². The first-order valence-electron chi connectivity index (χ1n) is 9.66. The van der Waals surface area contributed by atoms with E-state index >= 15 is 0 Å². The highest BCUT2D eigenvalue weighted by atomic mass is 16.4. The summed E-state index contributed by atoms with van der Waals surface area (Å²) in [5.74, 6) is 1.61. The van der Waals surface area contributed by atoms with Gasteiger partial charge in [0.1, 0.15) is 0 Å². The zero-order valence-corrected chi connectivity index (χ0v) is 16.1. The van der Waals surface area contributed by atoms with Crippen LogP contribution in [-0.2, 0) is 17.6 Å². The minimum atomic E-state index is -0.765. The number of carboxylic acids is 1. The van der Waals surface area contributed by atoms with Gasteiger partial charge in [-0.1, -0.05) is 90.5 Å². The van der Waals surface area contributed by atoms with Crippen LogP contribution in [0.3, 0.4) is 0 Å². The third-order valence-electron chi connectivity index (χ3n) is 4.83. The Morgan fingerprint density at radius 2 is 1.33 bits per heavy atom. The number of carbonyl (C=O) groups is 1. The maximum atomic E-state index is 10.7. The lowest BCUT2D eigenvalue weighted by Gasteiger charge is -2.15. The van der Waals surface area contributed by atoms with Gasteiger partial charge in [-0.05, 0) is 35.3 Å². The Labute approximate surface area is 148 Å². The lowest BCUT2D eigenvalue weighted by atomic mass is 9.91. The molecular weight excluding hydrogens is 296 g/mol. The molecule has 1 aromatic carbocycles. The van der Waals surface area contributed by atoms with Gasteiger partial charge >= 0.3 is 5.97 Å². The number of hydrogen-bond acceptors (Lipinski definition) is 1. The fraction of sp³-hybridized carbons (Fsp3) is 0.682. The van der Waals surface area contributed by atoms with E-state index in [2.05, 4.69) is 39.8 Å². The van der Waals surface area contributed by atoms with E-state index in [9.17, 15) is 4.79 Å². The minimum Gasteiger partial charge on any atom is -0.481 e. The van der Waals surface area contributed by atoms with E-state index in [0.717, 1.165) is 23.8 Å². The van der Waals surface area contributed by atoms with Gasteiger partial charge in [0, 0.05) is 0 Å². The third kappa shape index (κ3) is 9.75. The highest BCUT2D eigenvalue weighted by molar-refractivity contribution is 5.70. The lowest BCUT2D eigenvalue weighted by molar-refractivity contribution is -0.136. The average Bonchev–Trinajstić information content (AvgIpc) is 2.48. The number of hydrogen-bond donors (Lipinski definition) is 1. The molecule has 0 heterocycles. The van der Waals surface area contributed by atoms with E-state index in [0.29, 0.717) is 5.92 Å². The molecule has 0 bridgehead atoms. The summed E-state index contributed by atoms with van der Waals surface area (Å²) < 4.78 is 0. The second kappa shape index (κ2) is 11.3. The first-order valence-corrected chi connectivity index (χ1v) is 9.66. The molecule has 2 unspecified atom stereocenters. The number of aliphatic carboxylic acids is 1. The average molecular weight is 333 g/mol. The van der Waals surface area contributed by atoms with Crippen LogP contribution in [0.5, 0.6) is 0 Å². The van der Waals surface area contributed by atoms with Gasteiger partial charge in [0.05, 0.1) is 6.42 Å². The summed E-state index contributed by atoms with van der Waals surface area (Å²) >= 11 is 0. The van der Waals surface area contributed by atoms with E-state index in [1.165, 1.54) is 44.1 Å². The molecule has 0 saturated heterocycles. The smallest absolute Gasteiger partial charge is 0.307 e.